The van der Waals surface area contributed by atoms with Gasteiger partial charge in [-0.15, -0.1) is 0 Å². The molecule has 0 fully saturated rings. The van der Waals surface area contributed by atoms with Gasteiger partial charge in [0.05, 0.1) is 13.2 Å². The molecule has 0 aliphatic carbocycles. The molecule has 0 bridgehead atoms. The SMILES string of the molecule is C[C@@H]1CN([C@@H](C)CO)S(=O)(=O)c2ccc(-c3cncnc3)cc2O[C@@H]1CN(C)C(=O)c1ccc2c(c1)OCO2. The zero-order valence-corrected chi connectivity index (χ0v) is 22.7. The molecule has 11 nitrogen and oxygen atoms in total. The van der Waals surface area contributed by atoms with Crippen molar-refractivity contribution in [2.75, 3.05) is 33.5 Å². The number of amides is 1. The van der Waals surface area contributed by atoms with Gasteiger partial charge in [-0.25, -0.2) is 18.4 Å². The number of fused-ring (bicyclic) bond motifs is 2. The number of aliphatic hydroxyl groups excluding tert-OH is 1. The van der Waals surface area contributed by atoms with Crippen LogP contribution in [0.1, 0.15) is 24.2 Å². The summed E-state index contributed by atoms with van der Waals surface area (Å²) in [5, 5.41) is 9.86. The molecule has 0 spiro atoms. The smallest absolute Gasteiger partial charge is 0.253 e. The molecule has 1 aromatic heterocycles. The van der Waals surface area contributed by atoms with Gasteiger partial charge in [-0.2, -0.15) is 4.31 Å². The largest absolute Gasteiger partial charge is 0.487 e. The molecular weight excluding hydrogens is 524 g/mol. The van der Waals surface area contributed by atoms with Crippen LogP contribution in [0.2, 0.25) is 0 Å². The first-order valence-electron chi connectivity index (χ1n) is 12.5. The lowest BCUT2D eigenvalue weighted by Gasteiger charge is -2.37. The molecular formula is C27H30N4O7S. The first-order valence-corrected chi connectivity index (χ1v) is 14.0. The first kappa shape index (κ1) is 26.9. The number of hydrogen-bond acceptors (Lipinski definition) is 9. The molecule has 0 saturated heterocycles. The van der Waals surface area contributed by atoms with Gasteiger partial charge in [0.2, 0.25) is 16.8 Å². The fourth-order valence-electron chi connectivity index (χ4n) is 4.67. The minimum Gasteiger partial charge on any atom is -0.487 e. The zero-order chi connectivity index (χ0) is 27.7. The van der Waals surface area contributed by atoms with E-state index in [1.54, 1.807) is 61.6 Å². The Balaban J connectivity index is 1.49. The Morgan fingerprint density at radius 3 is 2.59 bits per heavy atom. The van der Waals surface area contributed by atoms with Gasteiger partial charge in [0.25, 0.3) is 5.91 Å². The van der Waals surface area contributed by atoms with Crippen molar-refractivity contribution in [3.05, 3.63) is 60.7 Å². The van der Waals surface area contributed by atoms with Gasteiger partial charge in [0.1, 0.15) is 23.1 Å². The van der Waals surface area contributed by atoms with Crippen LogP contribution < -0.4 is 14.2 Å². The number of benzene rings is 2. The van der Waals surface area contributed by atoms with Crippen molar-refractivity contribution in [2.45, 2.75) is 30.9 Å². The molecule has 3 aromatic rings. The van der Waals surface area contributed by atoms with E-state index in [4.69, 9.17) is 14.2 Å². The predicted molar refractivity (Wildman–Crippen MR) is 141 cm³/mol. The predicted octanol–water partition coefficient (Wildman–Crippen LogP) is 2.41. The lowest BCUT2D eigenvalue weighted by atomic mass is 10.0. The highest BCUT2D eigenvalue weighted by molar-refractivity contribution is 7.89. The van der Waals surface area contributed by atoms with Crippen LogP contribution in [-0.2, 0) is 10.0 Å². The Morgan fingerprint density at radius 1 is 1.10 bits per heavy atom. The minimum atomic E-state index is -3.99. The van der Waals surface area contributed by atoms with E-state index in [1.807, 2.05) is 6.92 Å². The van der Waals surface area contributed by atoms with Crippen molar-refractivity contribution in [3.8, 4) is 28.4 Å². The van der Waals surface area contributed by atoms with Crippen LogP contribution in [0.4, 0.5) is 0 Å². The molecule has 3 atom stereocenters. The van der Waals surface area contributed by atoms with Gasteiger partial charge < -0.3 is 24.2 Å². The summed E-state index contributed by atoms with van der Waals surface area (Å²) < 4.78 is 45.9. The molecule has 1 amide bonds. The van der Waals surface area contributed by atoms with Gasteiger partial charge in [0, 0.05) is 49.1 Å². The van der Waals surface area contributed by atoms with Crippen LogP contribution in [0.15, 0.2) is 60.0 Å². The number of carbonyl (C=O) groups is 1. The summed E-state index contributed by atoms with van der Waals surface area (Å²) in [6.45, 7) is 3.60. The van der Waals surface area contributed by atoms with Crippen LogP contribution in [0.25, 0.3) is 11.1 Å². The maximum Gasteiger partial charge on any atom is 0.253 e. The molecule has 12 heteroatoms. The summed E-state index contributed by atoms with van der Waals surface area (Å²) in [5.41, 5.74) is 1.82. The number of nitrogens with zero attached hydrogens (tertiary/aromatic N) is 4. The third-order valence-electron chi connectivity index (χ3n) is 6.98. The van der Waals surface area contributed by atoms with Crippen LogP contribution in [0.3, 0.4) is 0 Å². The lowest BCUT2D eigenvalue weighted by Crippen LogP contribution is -2.50. The molecule has 0 unspecified atom stereocenters. The van der Waals surface area contributed by atoms with Crippen molar-refractivity contribution < 1.29 is 32.5 Å². The van der Waals surface area contributed by atoms with Gasteiger partial charge in [0.15, 0.2) is 11.5 Å². The lowest BCUT2D eigenvalue weighted by molar-refractivity contribution is 0.0563. The third kappa shape index (κ3) is 5.27. The fraction of sp³-hybridized carbons (Fsp3) is 0.370. The van der Waals surface area contributed by atoms with Crippen LogP contribution in [-0.4, -0.2) is 84.3 Å². The standard InChI is InChI=1S/C27H30N4O7S/c1-17-12-31(18(2)14-32)39(34,35)26-7-5-19(21-10-28-15-29-11-21)8-24(26)38-25(17)13-30(3)27(33)20-4-6-22-23(9-20)37-16-36-22/h4-11,15,17-18,25,32H,12-14,16H2,1-3H3/t17-,18+,25-/m1/s1. The highest BCUT2D eigenvalue weighted by atomic mass is 32.2. The van der Waals surface area contributed by atoms with Gasteiger partial charge in [-0.3, -0.25) is 4.79 Å². The Morgan fingerprint density at radius 2 is 1.85 bits per heavy atom. The van der Waals surface area contributed by atoms with Crippen LogP contribution in [0.5, 0.6) is 17.2 Å². The van der Waals surface area contributed by atoms with E-state index >= 15 is 0 Å². The number of carbonyl (C=O) groups excluding carboxylic acids is 1. The molecule has 0 radical (unpaired) electrons. The second kappa shape index (κ2) is 10.8. The van der Waals surface area contributed by atoms with Gasteiger partial charge in [-0.1, -0.05) is 13.0 Å². The average molecular weight is 555 g/mol. The monoisotopic (exact) mass is 554 g/mol. The number of aliphatic hydroxyl groups is 1. The van der Waals surface area contributed by atoms with Gasteiger partial charge in [-0.05, 0) is 42.8 Å². The molecule has 3 heterocycles. The molecule has 0 saturated carbocycles. The Hall–Kier alpha value is -3.74. The molecule has 5 rings (SSSR count). The Bertz CT molecular complexity index is 1470. The summed E-state index contributed by atoms with van der Waals surface area (Å²) in [6.07, 6.45) is 4.11. The number of likely N-dealkylation sites (N-methyl/N-ethyl adjacent to an activating group) is 1. The summed E-state index contributed by atoms with van der Waals surface area (Å²) in [7, 11) is -2.32. The molecule has 2 aliphatic heterocycles. The molecule has 2 aromatic carbocycles. The van der Waals surface area contributed by atoms with Crippen LogP contribution in [0, 0.1) is 5.92 Å². The quantitative estimate of drug-likeness (QED) is 0.488. The van der Waals surface area contributed by atoms with Crippen LogP contribution >= 0.6 is 0 Å². The fourth-order valence-corrected chi connectivity index (χ4v) is 6.50. The minimum absolute atomic E-state index is 0.00921. The molecule has 2 aliphatic rings. The number of sulfonamides is 1. The van der Waals surface area contributed by atoms with E-state index in [1.165, 1.54) is 16.7 Å². The van der Waals surface area contributed by atoms with Gasteiger partial charge >= 0.3 is 0 Å². The van der Waals surface area contributed by atoms with E-state index < -0.39 is 22.2 Å². The highest BCUT2D eigenvalue weighted by Crippen LogP contribution is 2.37. The van der Waals surface area contributed by atoms with E-state index in [-0.39, 0.29) is 49.0 Å². The highest BCUT2D eigenvalue weighted by Gasteiger charge is 2.38. The van der Waals surface area contributed by atoms with Crippen molar-refractivity contribution >= 4 is 15.9 Å². The summed E-state index contributed by atoms with van der Waals surface area (Å²) >= 11 is 0. The van der Waals surface area contributed by atoms with E-state index in [9.17, 15) is 18.3 Å². The third-order valence-corrected chi connectivity index (χ3v) is 9.00. The zero-order valence-electron chi connectivity index (χ0n) is 21.9. The Kier molecular flexibility index (Phi) is 7.43. The second-order valence-corrected chi connectivity index (χ2v) is 11.6. The average Bonchev–Trinajstić information content (AvgIpc) is 3.42. The topological polar surface area (TPSA) is 131 Å². The van der Waals surface area contributed by atoms with Crippen molar-refractivity contribution in [1.29, 1.82) is 0 Å². The Labute approximate surface area is 227 Å². The second-order valence-electron chi connectivity index (χ2n) is 9.78. The first-order chi connectivity index (χ1) is 18.7. The number of hydrogen-bond donors (Lipinski definition) is 1. The molecule has 1 N–H and O–H groups in total. The van der Waals surface area contributed by atoms with Crippen molar-refractivity contribution in [3.63, 3.8) is 0 Å². The number of aromatic nitrogens is 2. The molecule has 39 heavy (non-hydrogen) atoms. The van der Waals surface area contributed by atoms with E-state index in [2.05, 4.69) is 9.97 Å². The normalized spacial score (nSPS) is 20.7. The molecule has 206 valence electrons. The van der Waals surface area contributed by atoms with E-state index in [0.29, 0.717) is 28.2 Å². The summed E-state index contributed by atoms with van der Waals surface area (Å²) in [4.78, 5) is 22.9. The summed E-state index contributed by atoms with van der Waals surface area (Å²) in [5.74, 6) is 0.691. The number of rotatable bonds is 6. The number of ether oxygens (including phenoxy) is 3. The summed E-state index contributed by atoms with van der Waals surface area (Å²) in [6, 6.07) is 9.19. The van der Waals surface area contributed by atoms with Crippen molar-refractivity contribution in [2.24, 2.45) is 5.92 Å². The maximum atomic E-state index is 13.7. The maximum absolute atomic E-state index is 13.7. The van der Waals surface area contributed by atoms with E-state index in [0.717, 1.165) is 0 Å². The van der Waals surface area contributed by atoms with Crippen molar-refractivity contribution in [1.82, 2.24) is 19.2 Å².